The third-order valence-corrected chi connectivity index (χ3v) is 7.02. The van der Waals surface area contributed by atoms with Gasteiger partial charge in [0.2, 0.25) is 0 Å². The van der Waals surface area contributed by atoms with E-state index in [2.05, 4.69) is 36.1 Å². The van der Waals surface area contributed by atoms with E-state index in [9.17, 15) is 15.3 Å². The van der Waals surface area contributed by atoms with Crippen LogP contribution in [0.15, 0.2) is 91.0 Å². The van der Waals surface area contributed by atoms with Crippen molar-refractivity contribution < 1.29 is 28.6 Å². The van der Waals surface area contributed by atoms with Crippen LogP contribution < -0.4 is 0 Å². The van der Waals surface area contributed by atoms with E-state index >= 15 is 0 Å². The second kappa shape index (κ2) is 11.9. The normalized spacial score (nSPS) is 16.5. The van der Waals surface area contributed by atoms with Crippen molar-refractivity contribution in [2.75, 3.05) is 0 Å². The molecule has 3 rings (SSSR count). The minimum absolute atomic E-state index is 0.582. The summed E-state index contributed by atoms with van der Waals surface area (Å²) >= 11 is 0. The highest BCUT2D eigenvalue weighted by Crippen LogP contribution is 2.21. The Hall–Kier alpha value is -4.16. The van der Waals surface area contributed by atoms with Crippen molar-refractivity contribution in [3.8, 4) is 36.1 Å². The number of hydrogen-bond donors (Lipinski definition) is 3. The van der Waals surface area contributed by atoms with Crippen LogP contribution in [0, 0.1) is 36.1 Å². The molecule has 0 heterocycles. The maximum absolute atomic E-state index is 10.8. The molecule has 7 heteroatoms. The van der Waals surface area contributed by atoms with Gasteiger partial charge in [-0.15, -0.1) is 0 Å². The fourth-order valence-electron chi connectivity index (χ4n) is 3.22. The molecule has 0 fully saturated rings. The molecule has 0 amide bonds. The molecule has 0 aliphatic rings. The Kier molecular flexibility index (Phi) is 8.91. The molecule has 3 aromatic rings. The van der Waals surface area contributed by atoms with E-state index < -0.39 is 25.6 Å². The minimum atomic E-state index is -3.71. The lowest BCUT2D eigenvalue weighted by atomic mass is 9.97. The molecular weight excluding hydrogens is 496 g/mol. The van der Waals surface area contributed by atoms with Crippen LogP contribution in [-0.4, -0.2) is 24.1 Å². The van der Waals surface area contributed by atoms with Crippen LogP contribution in [0.2, 0.25) is 6.55 Å². The summed E-state index contributed by atoms with van der Waals surface area (Å²) in [5.41, 5.74) is -2.75. The Morgan fingerprint density at radius 3 is 0.974 bits per heavy atom. The van der Waals surface area contributed by atoms with Crippen LogP contribution >= 0.6 is 0 Å². The second-order valence-corrected chi connectivity index (χ2v) is 11.5. The lowest BCUT2D eigenvalue weighted by Gasteiger charge is -2.20. The fraction of sp³-hybridized carbons (Fsp3) is 0.226. The predicted octanol–water partition coefficient (Wildman–Crippen LogP) is 4.21. The molecule has 0 bridgehead atoms. The maximum atomic E-state index is 10.8. The van der Waals surface area contributed by atoms with E-state index in [1.54, 1.807) is 72.8 Å². The summed E-state index contributed by atoms with van der Waals surface area (Å²) in [6.07, 6.45) is 7.42. The minimum Gasteiger partial charge on any atom is -0.432 e. The van der Waals surface area contributed by atoms with E-state index in [1.807, 2.05) is 18.2 Å². The van der Waals surface area contributed by atoms with Gasteiger partial charge >= 0.3 is 8.80 Å². The van der Waals surface area contributed by atoms with Crippen molar-refractivity contribution in [2.45, 2.75) is 44.1 Å². The van der Waals surface area contributed by atoms with Gasteiger partial charge in [-0.25, -0.2) is 0 Å². The highest BCUT2D eigenvalue weighted by Gasteiger charge is 2.42. The number of aliphatic hydroxyl groups is 3. The highest BCUT2D eigenvalue weighted by molar-refractivity contribution is 6.60. The largest absolute Gasteiger partial charge is 0.721 e. The van der Waals surface area contributed by atoms with E-state index in [-0.39, 0.29) is 0 Å². The van der Waals surface area contributed by atoms with Crippen molar-refractivity contribution in [1.82, 2.24) is 0 Å². The molecule has 6 nitrogen and oxygen atoms in total. The molecule has 3 atom stereocenters. The molecule has 0 aliphatic heterocycles. The van der Waals surface area contributed by atoms with Crippen LogP contribution in [0.4, 0.5) is 0 Å². The first-order valence-electron chi connectivity index (χ1n) is 11.9. The van der Waals surface area contributed by atoms with Gasteiger partial charge in [-0.1, -0.05) is 91.0 Å². The monoisotopic (exact) mass is 526 g/mol. The summed E-state index contributed by atoms with van der Waals surface area (Å²) in [6, 6.07) is 26.7. The molecule has 0 radical (unpaired) electrons. The zero-order valence-electron chi connectivity index (χ0n) is 21.7. The van der Waals surface area contributed by atoms with Crippen LogP contribution in [0.1, 0.15) is 37.5 Å². The van der Waals surface area contributed by atoms with Crippen molar-refractivity contribution in [3.63, 3.8) is 0 Å². The Morgan fingerprint density at radius 2 is 0.737 bits per heavy atom. The summed E-state index contributed by atoms with van der Waals surface area (Å²) in [5.74, 6) is 7.98. The van der Waals surface area contributed by atoms with E-state index in [1.165, 1.54) is 27.3 Å². The Bertz CT molecular complexity index is 1210. The smallest absolute Gasteiger partial charge is 0.432 e. The highest BCUT2D eigenvalue weighted by atomic mass is 28.4. The quantitative estimate of drug-likeness (QED) is 0.330. The summed E-state index contributed by atoms with van der Waals surface area (Å²) in [5, 5.41) is 32.3. The molecule has 0 aromatic heterocycles. The fourth-order valence-corrected chi connectivity index (χ4v) is 4.05. The Labute approximate surface area is 225 Å². The van der Waals surface area contributed by atoms with Crippen molar-refractivity contribution in [1.29, 1.82) is 0 Å². The van der Waals surface area contributed by atoms with Crippen LogP contribution in [0.5, 0.6) is 0 Å². The van der Waals surface area contributed by atoms with Gasteiger partial charge in [0, 0.05) is 6.55 Å². The van der Waals surface area contributed by atoms with Crippen molar-refractivity contribution in [3.05, 3.63) is 108 Å². The van der Waals surface area contributed by atoms with Crippen molar-refractivity contribution in [2.24, 2.45) is 0 Å². The molecule has 3 N–H and O–H groups in total. The average molecular weight is 527 g/mol. The molecule has 3 aromatic carbocycles. The third kappa shape index (κ3) is 7.92. The number of hydrogen-bond acceptors (Lipinski definition) is 6. The lowest BCUT2D eigenvalue weighted by molar-refractivity contribution is 0.119. The third-order valence-electron chi connectivity index (χ3n) is 5.60. The number of benzene rings is 3. The molecule has 0 saturated carbocycles. The van der Waals surface area contributed by atoms with Gasteiger partial charge in [0.05, 0.1) is 0 Å². The topological polar surface area (TPSA) is 88.4 Å². The van der Waals surface area contributed by atoms with Gasteiger partial charge in [0.15, 0.2) is 16.8 Å². The first-order valence-corrected chi connectivity index (χ1v) is 14.1. The Morgan fingerprint density at radius 1 is 0.500 bits per heavy atom. The van der Waals surface area contributed by atoms with Gasteiger partial charge in [-0.2, -0.15) is 0 Å². The molecule has 3 unspecified atom stereocenters. The Balaban J connectivity index is 1.84. The van der Waals surface area contributed by atoms with Crippen LogP contribution in [-0.2, 0) is 30.1 Å². The molecule has 38 heavy (non-hydrogen) atoms. The second-order valence-electron chi connectivity index (χ2n) is 9.16. The molecule has 194 valence electrons. The van der Waals surface area contributed by atoms with Gasteiger partial charge in [-0.05, 0) is 55.2 Å². The molecule has 0 aliphatic carbocycles. The maximum Gasteiger partial charge on any atom is 0.721 e. The predicted molar refractivity (Wildman–Crippen MR) is 146 cm³/mol. The standard InChI is InChI=1S/C31H30O6Si/c1-29(32,26-14-8-5-9-15-26)20-23-35-38(4,36-24-21-30(2,33)27-16-10-6-11-17-27)37-25-22-31(3,34)28-18-12-7-13-19-28/h5-19,32-34H,1-4H3. The zero-order valence-corrected chi connectivity index (χ0v) is 22.7. The lowest BCUT2D eigenvalue weighted by Crippen LogP contribution is -2.39. The summed E-state index contributed by atoms with van der Waals surface area (Å²) in [7, 11) is -3.71. The first-order chi connectivity index (χ1) is 17.9. The summed E-state index contributed by atoms with van der Waals surface area (Å²) < 4.78 is 16.9. The van der Waals surface area contributed by atoms with E-state index in [0.717, 1.165) is 0 Å². The van der Waals surface area contributed by atoms with E-state index in [4.69, 9.17) is 13.3 Å². The van der Waals surface area contributed by atoms with Crippen LogP contribution in [0.25, 0.3) is 0 Å². The molecular formula is C31H30O6Si. The molecule has 0 spiro atoms. The van der Waals surface area contributed by atoms with Crippen molar-refractivity contribution >= 4 is 8.80 Å². The molecule has 0 saturated heterocycles. The average Bonchev–Trinajstić information content (AvgIpc) is 2.90. The van der Waals surface area contributed by atoms with Gasteiger partial charge in [-0.3, -0.25) is 0 Å². The SMILES string of the molecule is CC(O)(C#CO[Si](C)(OC#CC(C)(O)c1ccccc1)OC#CC(C)(O)c1ccccc1)c1ccccc1. The van der Waals surface area contributed by atoms with Gasteiger partial charge in [0.25, 0.3) is 0 Å². The summed E-state index contributed by atoms with van der Waals surface area (Å²) in [6.45, 7) is 6.11. The van der Waals surface area contributed by atoms with Gasteiger partial charge in [0.1, 0.15) is 18.3 Å². The van der Waals surface area contributed by atoms with E-state index in [0.29, 0.717) is 16.7 Å². The van der Waals surface area contributed by atoms with Gasteiger partial charge < -0.3 is 28.6 Å². The number of rotatable bonds is 6. The zero-order chi connectivity index (χ0) is 27.7. The first kappa shape index (κ1) is 28.4. The van der Waals surface area contributed by atoms with Crippen LogP contribution in [0.3, 0.4) is 0 Å². The summed E-state index contributed by atoms with van der Waals surface area (Å²) in [4.78, 5) is 0.